The highest BCUT2D eigenvalue weighted by atomic mass is 35.5. The smallest absolute Gasteiger partial charge is 0.220 e. The van der Waals surface area contributed by atoms with E-state index in [4.69, 9.17) is 4.74 Å². The lowest BCUT2D eigenvalue weighted by Gasteiger charge is -2.15. The average Bonchev–Trinajstić information content (AvgIpc) is 2.88. The van der Waals surface area contributed by atoms with E-state index in [2.05, 4.69) is 16.7 Å². The lowest BCUT2D eigenvalue weighted by Crippen LogP contribution is -2.30. The van der Waals surface area contributed by atoms with Gasteiger partial charge in [-0.25, -0.2) is 0 Å². The predicted molar refractivity (Wildman–Crippen MR) is 74.0 cm³/mol. The van der Waals surface area contributed by atoms with Gasteiger partial charge in [0, 0.05) is 26.1 Å². The molecule has 0 aromatic rings. The second-order valence-electron chi connectivity index (χ2n) is 4.77. The first-order valence-electron chi connectivity index (χ1n) is 6.61. The van der Waals surface area contributed by atoms with E-state index in [1.807, 2.05) is 0 Å². The molecule has 1 saturated heterocycles. The van der Waals surface area contributed by atoms with E-state index < -0.39 is 0 Å². The SMILES string of the molecule is Cl.O=C(CCC1CCCO1)NCC1=CCNCC1. The molecule has 1 amide bonds. The summed E-state index contributed by atoms with van der Waals surface area (Å²) in [6.07, 6.45) is 7.26. The number of amides is 1. The summed E-state index contributed by atoms with van der Waals surface area (Å²) >= 11 is 0. The number of halogens is 1. The Morgan fingerprint density at radius 3 is 3.11 bits per heavy atom. The van der Waals surface area contributed by atoms with Crippen molar-refractivity contribution < 1.29 is 9.53 Å². The van der Waals surface area contributed by atoms with Gasteiger partial charge in [-0.15, -0.1) is 12.4 Å². The minimum atomic E-state index is 0. The van der Waals surface area contributed by atoms with E-state index >= 15 is 0 Å². The molecule has 0 aromatic carbocycles. The molecule has 0 aliphatic carbocycles. The second-order valence-corrected chi connectivity index (χ2v) is 4.77. The molecule has 4 nitrogen and oxygen atoms in total. The van der Waals surface area contributed by atoms with Crippen LogP contribution in [-0.4, -0.2) is 38.3 Å². The second kappa shape index (κ2) is 8.51. The molecule has 0 bridgehead atoms. The van der Waals surface area contributed by atoms with Crippen molar-refractivity contribution in [3.63, 3.8) is 0 Å². The van der Waals surface area contributed by atoms with Crippen LogP contribution in [0.25, 0.3) is 0 Å². The number of carbonyl (C=O) groups excluding carboxylic acids is 1. The molecule has 2 rings (SSSR count). The van der Waals surface area contributed by atoms with Crippen molar-refractivity contribution >= 4 is 18.3 Å². The summed E-state index contributed by atoms with van der Waals surface area (Å²) in [5.41, 5.74) is 1.34. The van der Waals surface area contributed by atoms with Crippen LogP contribution in [0.3, 0.4) is 0 Å². The summed E-state index contributed by atoms with van der Waals surface area (Å²) in [6, 6.07) is 0. The fourth-order valence-corrected chi connectivity index (χ4v) is 2.29. The van der Waals surface area contributed by atoms with E-state index in [0.29, 0.717) is 19.1 Å². The fraction of sp³-hybridized carbons (Fsp3) is 0.769. The molecular weight excluding hydrogens is 252 g/mol. The Balaban J connectivity index is 0.00000162. The van der Waals surface area contributed by atoms with Crippen molar-refractivity contribution in [2.45, 2.75) is 38.2 Å². The van der Waals surface area contributed by atoms with Crippen molar-refractivity contribution in [1.82, 2.24) is 10.6 Å². The molecule has 18 heavy (non-hydrogen) atoms. The van der Waals surface area contributed by atoms with Crippen LogP contribution in [0.4, 0.5) is 0 Å². The van der Waals surface area contributed by atoms with Crippen LogP contribution in [0.5, 0.6) is 0 Å². The van der Waals surface area contributed by atoms with Crippen molar-refractivity contribution in [1.29, 1.82) is 0 Å². The fourth-order valence-electron chi connectivity index (χ4n) is 2.29. The molecule has 2 aliphatic heterocycles. The van der Waals surface area contributed by atoms with Gasteiger partial charge in [0.15, 0.2) is 0 Å². The van der Waals surface area contributed by atoms with Crippen molar-refractivity contribution in [2.75, 3.05) is 26.2 Å². The van der Waals surface area contributed by atoms with Crippen molar-refractivity contribution in [3.8, 4) is 0 Å². The van der Waals surface area contributed by atoms with Crippen LogP contribution in [0.2, 0.25) is 0 Å². The third-order valence-electron chi connectivity index (χ3n) is 3.39. The molecule has 1 fully saturated rings. The molecule has 5 heteroatoms. The summed E-state index contributed by atoms with van der Waals surface area (Å²) in [5.74, 6) is 0.153. The standard InChI is InChI=1S/C13H22N2O2.ClH/c16-13(4-3-12-2-1-9-17-12)15-10-11-5-7-14-8-6-11;/h5,12,14H,1-4,6-10H2,(H,15,16);1H. The summed E-state index contributed by atoms with van der Waals surface area (Å²) < 4.78 is 5.50. The van der Waals surface area contributed by atoms with E-state index in [-0.39, 0.29) is 18.3 Å². The normalized spacial score (nSPS) is 23.1. The molecule has 1 unspecified atom stereocenters. The maximum atomic E-state index is 11.6. The average molecular weight is 275 g/mol. The molecule has 2 heterocycles. The highest BCUT2D eigenvalue weighted by Crippen LogP contribution is 2.16. The Morgan fingerprint density at radius 2 is 2.44 bits per heavy atom. The Labute approximate surface area is 115 Å². The Morgan fingerprint density at radius 1 is 1.56 bits per heavy atom. The van der Waals surface area contributed by atoms with Crippen LogP contribution in [-0.2, 0) is 9.53 Å². The maximum absolute atomic E-state index is 11.6. The van der Waals surface area contributed by atoms with Crippen LogP contribution < -0.4 is 10.6 Å². The third-order valence-corrected chi connectivity index (χ3v) is 3.39. The largest absolute Gasteiger partial charge is 0.378 e. The molecule has 1 atom stereocenters. The van der Waals surface area contributed by atoms with Crippen molar-refractivity contribution in [3.05, 3.63) is 11.6 Å². The van der Waals surface area contributed by atoms with Crippen LogP contribution in [0, 0.1) is 0 Å². The first-order chi connectivity index (χ1) is 8.34. The topological polar surface area (TPSA) is 50.4 Å². The number of carbonyl (C=O) groups is 1. The molecule has 0 aromatic heterocycles. The molecule has 2 N–H and O–H groups in total. The van der Waals surface area contributed by atoms with E-state index in [0.717, 1.165) is 45.4 Å². The van der Waals surface area contributed by atoms with Gasteiger partial charge in [0.2, 0.25) is 5.91 Å². The molecule has 0 saturated carbocycles. The monoisotopic (exact) mass is 274 g/mol. The van der Waals surface area contributed by atoms with Crippen LogP contribution in [0.15, 0.2) is 11.6 Å². The first-order valence-corrected chi connectivity index (χ1v) is 6.61. The third kappa shape index (κ3) is 5.38. The Hall–Kier alpha value is -0.580. The Kier molecular flexibility index (Phi) is 7.32. The lowest BCUT2D eigenvalue weighted by atomic mass is 10.1. The minimum absolute atomic E-state index is 0. The molecule has 2 aliphatic rings. The zero-order valence-electron chi connectivity index (χ0n) is 10.7. The van der Waals surface area contributed by atoms with Gasteiger partial charge in [-0.05, 0) is 32.2 Å². The van der Waals surface area contributed by atoms with Gasteiger partial charge in [-0.1, -0.05) is 11.6 Å². The first kappa shape index (κ1) is 15.5. The summed E-state index contributed by atoms with van der Waals surface area (Å²) in [6.45, 7) is 3.54. The number of hydrogen-bond donors (Lipinski definition) is 2. The van der Waals surface area contributed by atoms with Crippen molar-refractivity contribution in [2.24, 2.45) is 0 Å². The van der Waals surface area contributed by atoms with E-state index in [9.17, 15) is 4.79 Å². The summed E-state index contributed by atoms with van der Waals surface area (Å²) in [7, 11) is 0. The highest BCUT2D eigenvalue weighted by Gasteiger charge is 2.16. The quantitative estimate of drug-likeness (QED) is 0.745. The van der Waals surface area contributed by atoms with E-state index in [1.165, 1.54) is 5.57 Å². The number of nitrogens with one attached hydrogen (secondary N) is 2. The van der Waals surface area contributed by atoms with E-state index in [1.54, 1.807) is 0 Å². The van der Waals surface area contributed by atoms with Crippen LogP contribution >= 0.6 is 12.4 Å². The predicted octanol–water partition coefficient (Wildman–Crippen LogP) is 1.40. The van der Waals surface area contributed by atoms with Gasteiger partial charge < -0.3 is 15.4 Å². The number of rotatable bonds is 5. The zero-order valence-corrected chi connectivity index (χ0v) is 11.6. The van der Waals surface area contributed by atoms with Gasteiger partial charge >= 0.3 is 0 Å². The van der Waals surface area contributed by atoms with Gasteiger partial charge in [0.05, 0.1) is 6.10 Å². The maximum Gasteiger partial charge on any atom is 0.220 e. The highest BCUT2D eigenvalue weighted by molar-refractivity contribution is 5.85. The lowest BCUT2D eigenvalue weighted by molar-refractivity contribution is -0.121. The minimum Gasteiger partial charge on any atom is -0.378 e. The summed E-state index contributed by atoms with van der Waals surface area (Å²) in [4.78, 5) is 11.6. The molecule has 104 valence electrons. The Bertz CT molecular complexity index is 289. The zero-order chi connectivity index (χ0) is 11.9. The van der Waals surface area contributed by atoms with Gasteiger partial charge in [-0.2, -0.15) is 0 Å². The number of hydrogen-bond acceptors (Lipinski definition) is 3. The number of ether oxygens (including phenoxy) is 1. The molecular formula is C13H23ClN2O2. The molecule has 0 radical (unpaired) electrons. The van der Waals surface area contributed by atoms with Gasteiger partial charge in [-0.3, -0.25) is 4.79 Å². The summed E-state index contributed by atoms with van der Waals surface area (Å²) in [5, 5.41) is 6.24. The van der Waals surface area contributed by atoms with Gasteiger partial charge in [0.1, 0.15) is 0 Å². The van der Waals surface area contributed by atoms with Crippen LogP contribution in [0.1, 0.15) is 32.1 Å². The molecule has 0 spiro atoms. The van der Waals surface area contributed by atoms with Gasteiger partial charge in [0.25, 0.3) is 0 Å².